The fourth-order valence-electron chi connectivity index (χ4n) is 3.97. The van der Waals surface area contributed by atoms with E-state index < -0.39 is 24.0 Å². The van der Waals surface area contributed by atoms with E-state index in [1.165, 1.54) is 41.4 Å². The Morgan fingerprint density at radius 1 is 0.821 bits per heavy atom. The van der Waals surface area contributed by atoms with Crippen LogP contribution in [0.4, 0.5) is 0 Å². The lowest BCUT2D eigenvalue weighted by Crippen LogP contribution is -2.48. The van der Waals surface area contributed by atoms with Gasteiger partial charge >= 0.3 is 11.9 Å². The van der Waals surface area contributed by atoms with Gasteiger partial charge in [-0.2, -0.15) is 0 Å². The summed E-state index contributed by atoms with van der Waals surface area (Å²) in [5, 5.41) is 5.63. The van der Waals surface area contributed by atoms with Crippen LogP contribution in [-0.4, -0.2) is 61.6 Å². The molecule has 0 heterocycles. The van der Waals surface area contributed by atoms with Gasteiger partial charge in [-0.3, -0.25) is 9.59 Å². The summed E-state index contributed by atoms with van der Waals surface area (Å²) in [6, 6.07) is 8.50. The normalized spacial score (nSPS) is 14.1. The molecule has 1 rings (SSSR count). The number of carbonyl (C=O) groups is 4. The van der Waals surface area contributed by atoms with Crippen LogP contribution in [0, 0.1) is 16.7 Å². The largest absolute Gasteiger partial charge is 0.467 e. The molecule has 0 bridgehead atoms. The molecule has 0 aliphatic carbocycles. The molecule has 0 saturated carbocycles. The molecule has 1 aromatic carbocycles. The highest BCUT2D eigenvalue weighted by atomic mass is 33.1. The quantitative estimate of drug-likeness (QED) is 0.172. The molecule has 39 heavy (non-hydrogen) atoms. The molecule has 220 valence electrons. The Morgan fingerprint density at radius 2 is 1.33 bits per heavy atom. The summed E-state index contributed by atoms with van der Waals surface area (Å²) < 4.78 is 9.78. The first-order valence-corrected chi connectivity index (χ1v) is 15.7. The molecule has 0 aromatic heterocycles. The molecule has 1 aromatic rings. The number of rotatable bonds is 15. The zero-order valence-electron chi connectivity index (χ0n) is 24.6. The van der Waals surface area contributed by atoms with Crippen LogP contribution in [0.3, 0.4) is 0 Å². The van der Waals surface area contributed by atoms with E-state index in [0.29, 0.717) is 6.42 Å². The predicted molar refractivity (Wildman–Crippen MR) is 159 cm³/mol. The fourth-order valence-corrected chi connectivity index (χ4v) is 6.26. The van der Waals surface area contributed by atoms with E-state index in [4.69, 9.17) is 9.47 Å². The van der Waals surface area contributed by atoms with Gasteiger partial charge < -0.3 is 20.1 Å². The van der Waals surface area contributed by atoms with Crippen molar-refractivity contribution in [3.63, 3.8) is 0 Å². The third-order valence-corrected chi connectivity index (χ3v) is 8.45. The number of amides is 2. The van der Waals surface area contributed by atoms with Crippen LogP contribution in [0.5, 0.6) is 0 Å². The Bertz CT molecular complexity index is 928. The number of ether oxygens (including phenoxy) is 2. The Kier molecular flexibility index (Phi) is 15.0. The fraction of sp³-hybridized carbons (Fsp3) is 0.655. The van der Waals surface area contributed by atoms with Gasteiger partial charge in [0.1, 0.15) is 12.1 Å². The Labute approximate surface area is 241 Å². The topological polar surface area (TPSA) is 111 Å². The Hall–Kier alpha value is -2.20. The molecule has 3 atom stereocenters. The van der Waals surface area contributed by atoms with Crippen LogP contribution in [-0.2, 0) is 35.1 Å². The number of hydrogen-bond donors (Lipinski definition) is 2. The van der Waals surface area contributed by atoms with Crippen molar-refractivity contribution in [2.75, 3.05) is 25.7 Å². The number of hydrogen-bond acceptors (Lipinski definition) is 8. The minimum Gasteiger partial charge on any atom is -0.467 e. The van der Waals surface area contributed by atoms with Gasteiger partial charge in [-0.15, -0.1) is 0 Å². The predicted octanol–water partition coefficient (Wildman–Crippen LogP) is 4.80. The van der Waals surface area contributed by atoms with Gasteiger partial charge in [-0.05, 0) is 35.7 Å². The van der Waals surface area contributed by atoms with Crippen molar-refractivity contribution in [1.29, 1.82) is 0 Å². The molecule has 0 spiro atoms. The second kappa shape index (κ2) is 16.8. The molecule has 0 aliphatic heterocycles. The first kappa shape index (κ1) is 34.8. The summed E-state index contributed by atoms with van der Waals surface area (Å²) >= 11 is 0. The summed E-state index contributed by atoms with van der Waals surface area (Å²) in [6.07, 6.45) is 2.69. The zero-order valence-corrected chi connectivity index (χ0v) is 26.3. The maximum Gasteiger partial charge on any atom is 0.329 e. The van der Waals surface area contributed by atoms with Gasteiger partial charge in [0.05, 0.1) is 14.2 Å². The minimum absolute atomic E-state index is 0.182. The maximum absolute atomic E-state index is 13.3. The molecule has 0 fully saturated rings. The lowest BCUT2D eigenvalue weighted by atomic mass is 9.77. The molecule has 2 unspecified atom stereocenters. The highest BCUT2D eigenvalue weighted by Crippen LogP contribution is 2.31. The van der Waals surface area contributed by atoms with Crippen LogP contribution >= 0.6 is 21.6 Å². The van der Waals surface area contributed by atoms with Gasteiger partial charge in [0.2, 0.25) is 11.8 Å². The van der Waals surface area contributed by atoms with Crippen molar-refractivity contribution < 1.29 is 28.7 Å². The zero-order chi connectivity index (χ0) is 29.6. The monoisotopic (exact) mass is 582 g/mol. The minimum atomic E-state index is -0.842. The molecule has 10 heteroatoms. The van der Waals surface area contributed by atoms with Crippen LogP contribution in [0.2, 0.25) is 0 Å². The van der Waals surface area contributed by atoms with E-state index in [9.17, 15) is 19.2 Å². The van der Waals surface area contributed by atoms with E-state index in [0.717, 1.165) is 12.8 Å². The summed E-state index contributed by atoms with van der Waals surface area (Å²) in [7, 11) is 5.20. The third-order valence-electron chi connectivity index (χ3n) is 6.03. The Balaban J connectivity index is 2.73. The van der Waals surface area contributed by atoms with Crippen LogP contribution in [0.15, 0.2) is 30.3 Å². The van der Waals surface area contributed by atoms with Crippen molar-refractivity contribution in [3.05, 3.63) is 35.9 Å². The second-order valence-corrected chi connectivity index (χ2v) is 14.4. The average Bonchev–Trinajstić information content (AvgIpc) is 2.85. The lowest BCUT2D eigenvalue weighted by molar-refractivity contribution is -0.145. The smallest absolute Gasteiger partial charge is 0.329 e. The average molecular weight is 583 g/mol. The van der Waals surface area contributed by atoms with Crippen molar-refractivity contribution >= 4 is 45.3 Å². The summed E-state index contributed by atoms with van der Waals surface area (Å²) in [5.41, 5.74) is 0.721. The molecule has 0 aliphatic rings. The van der Waals surface area contributed by atoms with Crippen molar-refractivity contribution in [2.45, 2.75) is 79.3 Å². The van der Waals surface area contributed by atoms with Gasteiger partial charge in [0, 0.05) is 23.8 Å². The molecular formula is C29H46N2O6S2. The molecule has 0 saturated heterocycles. The molecule has 2 amide bonds. The van der Waals surface area contributed by atoms with Crippen molar-refractivity contribution in [2.24, 2.45) is 16.7 Å². The van der Waals surface area contributed by atoms with Crippen LogP contribution in [0.1, 0.15) is 66.4 Å². The molecular weight excluding hydrogens is 536 g/mol. The molecule has 0 radical (unpaired) electrons. The number of aryl methyl sites for hydroxylation is 1. The number of benzene rings is 1. The lowest BCUT2D eigenvalue weighted by Gasteiger charge is -2.31. The second-order valence-electron chi connectivity index (χ2n) is 11.8. The van der Waals surface area contributed by atoms with E-state index in [2.05, 4.69) is 22.8 Å². The first-order chi connectivity index (χ1) is 18.2. The van der Waals surface area contributed by atoms with Crippen LogP contribution < -0.4 is 10.6 Å². The van der Waals surface area contributed by atoms with E-state index >= 15 is 0 Å². The number of carbonyl (C=O) groups excluding carboxylic acids is 4. The van der Waals surface area contributed by atoms with Crippen molar-refractivity contribution in [3.8, 4) is 0 Å². The van der Waals surface area contributed by atoms with E-state index in [1.54, 1.807) is 0 Å². The van der Waals surface area contributed by atoms with Gasteiger partial charge in [0.15, 0.2) is 0 Å². The highest BCUT2D eigenvalue weighted by Gasteiger charge is 2.34. The van der Waals surface area contributed by atoms with Crippen LogP contribution in [0.25, 0.3) is 0 Å². The summed E-state index contributed by atoms with van der Waals surface area (Å²) in [6.45, 7) is 11.9. The summed E-state index contributed by atoms with van der Waals surface area (Å²) in [4.78, 5) is 50.3. The molecule has 2 N–H and O–H groups in total. The molecule has 8 nitrogen and oxygen atoms in total. The standard InChI is InChI=1S/C29H46N2O6S2/c1-28(2,3)17-24(32)30-22(26(34)36-7)18-38-39-19-23(27(35)37-8)31-25(33)21(29(4,5)6)16-12-15-20-13-10-9-11-14-20/h9-11,13-14,21-23H,12,15-19H2,1-8H3,(H,30,32)(H,31,33)/t21-,22?,23?/m0/s1. The SMILES string of the molecule is COC(=O)C(CSSCC(NC(=O)[C@H](CCCc1ccccc1)C(C)(C)C)C(=O)OC)NC(=O)CC(C)(C)C. The highest BCUT2D eigenvalue weighted by molar-refractivity contribution is 8.76. The van der Waals surface area contributed by atoms with Gasteiger partial charge in [-0.1, -0.05) is 93.5 Å². The Morgan fingerprint density at radius 3 is 1.79 bits per heavy atom. The number of methoxy groups -OCH3 is 2. The van der Waals surface area contributed by atoms with E-state index in [1.807, 2.05) is 59.7 Å². The maximum atomic E-state index is 13.3. The van der Waals surface area contributed by atoms with Gasteiger partial charge in [0.25, 0.3) is 0 Å². The third kappa shape index (κ3) is 14.1. The first-order valence-electron chi connectivity index (χ1n) is 13.2. The van der Waals surface area contributed by atoms with Gasteiger partial charge in [-0.25, -0.2) is 9.59 Å². The van der Waals surface area contributed by atoms with Crippen molar-refractivity contribution in [1.82, 2.24) is 10.6 Å². The summed E-state index contributed by atoms with van der Waals surface area (Å²) in [5.74, 6) is -1.27. The van der Waals surface area contributed by atoms with E-state index in [-0.39, 0.29) is 46.5 Å². The number of nitrogens with one attached hydrogen (secondary N) is 2. The number of esters is 2.